The fraction of sp³-hybridized carbons (Fsp3) is 0.130. The van der Waals surface area contributed by atoms with E-state index >= 15 is 0 Å². The Labute approximate surface area is 210 Å². The number of sulfonamides is 1. The smallest absolute Gasteiger partial charge is 0.255 e. The summed E-state index contributed by atoms with van der Waals surface area (Å²) in [5, 5.41) is 4.29. The third-order valence-electron chi connectivity index (χ3n) is 4.63. The largest absolute Gasteiger partial charge is 0.496 e. The van der Waals surface area contributed by atoms with Crippen molar-refractivity contribution >= 4 is 49.7 Å². The minimum Gasteiger partial charge on any atom is -0.496 e. The fourth-order valence-corrected chi connectivity index (χ4v) is 4.84. The summed E-state index contributed by atoms with van der Waals surface area (Å²) in [5.41, 5.74) is 3.45. The average molecular weight is 569 g/mol. The Bertz CT molecular complexity index is 1290. The number of methoxy groups -OCH3 is 1. The lowest BCUT2D eigenvalue weighted by molar-refractivity contribution is -0.121. The molecule has 34 heavy (non-hydrogen) atoms. The molecule has 1 N–H and O–H groups in total. The van der Waals surface area contributed by atoms with E-state index in [9.17, 15) is 17.6 Å². The summed E-state index contributed by atoms with van der Waals surface area (Å²) >= 11 is 9.23. The van der Waals surface area contributed by atoms with Gasteiger partial charge in [-0.15, -0.1) is 0 Å². The van der Waals surface area contributed by atoms with E-state index in [-0.39, 0.29) is 11.4 Å². The third kappa shape index (κ3) is 6.86. The molecule has 7 nitrogen and oxygen atoms in total. The molecule has 0 aromatic heterocycles. The van der Waals surface area contributed by atoms with E-state index in [4.69, 9.17) is 16.3 Å². The van der Waals surface area contributed by atoms with Gasteiger partial charge in [-0.2, -0.15) is 9.41 Å². The van der Waals surface area contributed by atoms with Crippen molar-refractivity contribution in [3.63, 3.8) is 0 Å². The molecule has 3 rings (SSSR count). The minimum atomic E-state index is -4.07. The Hall–Kier alpha value is -2.79. The van der Waals surface area contributed by atoms with Crippen molar-refractivity contribution in [2.24, 2.45) is 5.10 Å². The molecule has 0 aliphatic carbocycles. The van der Waals surface area contributed by atoms with Crippen LogP contribution >= 0.6 is 27.5 Å². The highest BCUT2D eigenvalue weighted by Gasteiger charge is 2.27. The van der Waals surface area contributed by atoms with E-state index in [1.165, 1.54) is 61.9 Å². The molecular weight excluding hydrogens is 549 g/mol. The molecule has 0 aliphatic rings. The topological polar surface area (TPSA) is 88.1 Å². The van der Waals surface area contributed by atoms with Gasteiger partial charge in [0.15, 0.2) is 0 Å². The second kappa shape index (κ2) is 11.6. The van der Waals surface area contributed by atoms with Crippen molar-refractivity contribution in [1.29, 1.82) is 0 Å². The molecule has 0 saturated heterocycles. The molecule has 0 aliphatic heterocycles. The van der Waals surface area contributed by atoms with Crippen molar-refractivity contribution in [2.75, 3.05) is 13.7 Å². The van der Waals surface area contributed by atoms with Crippen molar-refractivity contribution in [3.05, 3.63) is 93.2 Å². The van der Waals surface area contributed by atoms with Gasteiger partial charge in [0.2, 0.25) is 10.0 Å². The zero-order valence-corrected chi connectivity index (χ0v) is 21.1. The summed E-state index contributed by atoms with van der Waals surface area (Å²) in [6.45, 7) is -0.670. The molecule has 1 amide bonds. The highest BCUT2D eigenvalue weighted by Crippen LogP contribution is 2.22. The molecule has 0 heterocycles. The second-order valence-electron chi connectivity index (χ2n) is 7.03. The lowest BCUT2D eigenvalue weighted by Gasteiger charge is -2.21. The van der Waals surface area contributed by atoms with Gasteiger partial charge in [0.05, 0.1) is 24.8 Å². The van der Waals surface area contributed by atoms with Crippen LogP contribution in [0.2, 0.25) is 5.02 Å². The Morgan fingerprint density at radius 1 is 1.15 bits per heavy atom. The van der Waals surface area contributed by atoms with Gasteiger partial charge in [0, 0.05) is 21.6 Å². The van der Waals surface area contributed by atoms with Gasteiger partial charge in [0.1, 0.15) is 11.6 Å². The Balaban J connectivity index is 1.80. The quantitative estimate of drug-likeness (QED) is 0.302. The number of carbonyl (C=O) groups is 1. The van der Waals surface area contributed by atoms with Crippen LogP contribution in [-0.2, 0) is 21.4 Å². The second-order valence-corrected chi connectivity index (χ2v) is 10.3. The predicted molar refractivity (Wildman–Crippen MR) is 132 cm³/mol. The van der Waals surface area contributed by atoms with Crippen molar-refractivity contribution in [2.45, 2.75) is 11.4 Å². The van der Waals surface area contributed by atoms with Crippen molar-refractivity contribution in [3.8, 4) is 5.75 Å². The molecule has 178 valence electrons. The summed E-state index contributed by atoms with van der Waals surface area (Å²) in [5.74, 6) is -0.569. The molecule has 0 unspecified atom stereocenters. The molecule has 3 aromatic rings. The SMILES string of the molecule is COc1ccc(Br)cc1/C=N\NC(=O)CN(Cc1ccc(F)cc1)S(=O)(=O)c1ccc(Cl)cc1. The number of hydrogen-bond acceptors (Lipinski definition) is 5. The maximum atomic E-state index is 13.3. The van der Waals surface area contributed by atoms with Crippen LogP contribution in [0.5, 0.6) is 5.75 Å². The summed E-state index contributed by atoms with van der Waals surface area (Å²) in [7, 11) is -2.56. The molecule has 0 saturated carbocycles. The van der Waals surface area contributed by atoms with Crippen LogP contribution in [0.15, 0.2) is 81.2 Å². The molecular formula is C23H20BrClFN3O4S. The van der Waals surface area contributed by atoms with Crippen LogP contribution in [-0.4, -0.2) is 38.5 Å². The summed E-state index contributed by atoms with van der Waals surface area (Å²) in [6, 6.07) is 16.2. The fourth-order valence-electron chi connectivity index (χ4n) is 2.95. The Morgan fingerprint density at radius 2 is 1.82 bits per heavy atom. The van der Waals surface area contributed by atoms with Crippen LogP contribution < -0.4 is 10.2 Å². The number of hydrogen-bond donors (Lipinski definition) is 1. The van der Waals surface area contributed by atoms with Gasteiger partial charge in [-0.05, 0) is 60.2 Å². The number of benzene rings is 3. The van der Waals surface area contributed by atoms with Crippen molar-refractivity contribution < 1.29 is 22.3 Å². The molecule has 0 fully saturated rings. The molecule has 0 atom stereocenters. The van der Waals surface area contributed by atoms with Crippen LogP contribution in [0.3, 0.4) is 0 Å². The van der Waals surface area contributed by atoms with Crippen molar-refractivity contribution in [1.82, 2.24) is 9.73 Å². The van der Waals surface area contributed by atoms with Crippen LogP contribution in [0.25, 0.3) is 0 Å². The Morgan fingerprint density at radius 3 is 2.47 bits per heavy atom. The lowest BCUT2D eigenvalue weighted by Crippen LogP contribution is -2.39. The first-order valence-corrected chi connectivity index (χ1v) is 12.5. The number of rotatable bonds is 9. The van der Waals surface area contributed by atoms with E-state index in [1.807, 2.05) is 0 Å². The average Bonchev–Trinajstić information content (AvgIpc) is 2.80. The van der Waals surface area contributed by atoms with Gasteiger partial charge in [-0.1, -0.05) is 39.7 Å². The zero-order chi connectivity index (χ0) is 24.7. The van der Waals surface area contributed by atoms with Crippen LogP contribution in [0.4, 0.5) is 4.39 Å². The number of hydrazone groups is 1. The zero-order valence-electron chi connectivity index (χ0n) is 17.9. The van der Waals surface area contributed by atoms with Crippen LogP contribution in [0.1, 0.15) is 11.1 Å². The Kier molecular flexibility index (Phi) is 8.78. The monoisotopic (exact) mass is 567 g/mol. The number of halogens is 3. The lowest BCUT2D eigenvalue weighted by atomic mass is 10.2. The van der Waals surface area contributed by atoms with E-state index in [0.717, 1.165) is 8.78 Å². The molecule has 11 heteroatoms. The van der Waals surface area contributed by atoms with Gasteiger partial charge < -0.3 is 4.74 Å². The standard InChI is InChI=1S/C23H20BrClFN3O4S/c1-33-22-11-4-18(24)12-17(22)13-27-28-23(30)15-29(14-16-2-7-20(26)8-3-16)34(31,32)21-9-5-19(25)6-10-21/h2-13H,14-15H2,1H3,(H,28,30)/b27-13-. The summed E-state index contributed by atoms with van der Waals surface area (Å²) < 4.78 is 46.8. The minimum absolute atomic E-state index is 0.0332. The molecule has 3 aromatic carbocycles. The first kappa shape index (κ1) is 25.8. The molecule has 0 spiro atoms. The number of nitrogens with zero attached hydrogens (tertiary/aromatic N) is 2. The highest BCUT2D eigenvalue weighted by atomic mass is 79.9. The number of amides is 1. The van der Waals surface area contributed by atoms with Crippen LogP contribution in [0, 0.1) is 5.82 Å². The number of nitrogens with one attached hydrogen (secondary N) is 1. The van der Waals surface area contributed by atoms with Gasteiger partial charge in [-0.3, -0.25) is 4.79 Å². The van der Waals surface area contributed by atoms with Gasteiger partial charge in [0.25, 0.3) is 5.91 Å². The number of ether oxygens (including phenoxy) is 1. The van der Waals surface area contributed by atoms with E-state index in [2.05, 4.69) is 26.5 Å². The van der Waals surface area contributed by atoms with E-state index < -0.39 is 28.3 Å². The third-order valence-corrected chi connectivity index (χ3v) is 7.18. The maximum absolute atomic E-state index is 13.3. The number of carbonyl (C=O) groups excluding carboxylic acids is 1. The van der Waals surface area contributed by atoms with E-state index in [0.29, 0.717) is 21.9 Å². The highest BCUT2D eigenvalue weighted by molar-refractivity contribution is 9.10. The first-order chi connectivity index (χ1) is 16.2. The normalized spacial score (nSPS) is 11.7. The van der Waals surface area contributed by atoms with E-state index in [1.54, 1.807) is 18.2 Å². The summed E-state index contributed by atoms with van der Waals surface area (Å²) in [6.07, 6.45) is 1.39. The molecule has 0 radical (unpaired) electrons. The molecule has 0 bridgehead atoms. The van der Waals surface area contributed by atoms with Gasteiger partial charge in [-0.25, -0.2) is 18.2 Å². The first-order valence-electron chi connectivity index (χ1n) is 9.84. The maximum Gasteiger partial charge on any atom is 0.255 e. The predicted octanol–water partition coefficient (Wildman–Crippen LogP) is 4.59. The summed E-state index contributed by atoms with van der Waals surface area (Å²) in [4.78, 5) is 12.6. The van der Waals surface area contributed by atoms with Gasteiger partial charge >= 0.3 is 0 Å².